The molecular formula is C18H27BrN2. The second-order valence-electron chi connectivity index (χ2n) is 6.59. The first kappa shape index (κ1) is 15.5. The number of nitrogens with zero attached hydrogens (tertiary/aromatic N) is 1. The second kappa shape index (κ2) is 7.26. The first-order valence-electron chi connectivity index (χ1n) is 8.45. The Kier molecular flexibility index (Phi) is 5.36. The summed E-state index contributed by atoms with van der Waals surface area (Å²) in [5.74, 6) is 0.996. The fraction of sp³-hybridized carbons (Fsp3) is 0.667. The molecule has 0 aromatic heterocycles. The van der Waals surface area contributed by atoms with Gasteiger partial charge >= 0.3 is 0 Å². The Morgan fingerprint density at radius 2 is 2.05 bits per heavy atom. The summed E-state index contributed by atoms with van der Waals surface area (Å²) in [4.78, 5) is 2.77. The molecular weight excluding hydrogens is 324 g/mol. The van der Waals surface area contributed by atoms with Crippen LogP contribution in [0.25, 0.3) is 0 Å². The summed E-state index contributed by atoms with van der Waals surface area (Å²) in [5, 5.41) is 3.50. The number of hydrogen-bond acceptors (Lipinski definition) is 2. The van der Waals surface area contributed by atoms with Gasteiger partial charge in [0.1, 0.15) is 0 Å². The molecule has 3 unspecified atom stereocenters. The Hall–Kier alpha value is -0.380. The average Bonchev–Trinajstić information content (AvgIpc) is 2.93. The molecule has 1 aliphatic carbocycles. The summed E-state index contributed by atoms with van der Waals surface area (Å²) >= 11 is 3.69. The van der Waals surface area contributed by atoms with Gasteiger partial charge < -0.3 is 10.2 Å². The SMILES string of the molecule is CNC(CCN1CCC2CCCCC21)c1ccccc1Br. The van der Waals surface area contributed by atoms with Gasteiger partial charge in [0.2, 0.25) is 0 Å². The maximum Gasteiger partial charge on any atom is 0.0340 e. The molecule has 3 rings (SSSR count). The number of hydrogen-bond donors (Lipinski definition) is 1. The molecule has 1 aliphatic heterocycles. The van der Waals surface area contributed by atoms with E-state index in [4.69, 9.17) is 0 Å². The highest BCUT2D eigenvalue weighted by Crippen LogP contribution is 2.36. The molecule has 3 atom stereocenters. The van der Waals surface area contributed by atoms with Crippen molar-refractivity contribution in [1.29, 1.82) is 0 Å². The Labute approximate surface area is 137 Å². The Bertz CT molecular complexity index is 462. The monoisotopic (exact) mass is 350 g/mol. The summed E-state index contributed by atoms with van der Waals surface area (Å²) in [6.07, 6.45) is 8.44. The molecule has 1 N–H and O–H groups in total. The molecule has 0 bridgehead atoms. The zero-order valence-electron chi connectivity index (χ0n) is 13.0. The van der Waals surface area contributed by atoms with Crippen molar-refractivity contribution in [3.8, 4) is 0 Å². The zero-order valence-corrected chi connectivity index (χ0v) is 14.6. The predicted octanol–water partition coefficient (Wildman–Crippen LogP) is 4.36. The lowest BCUT2D eigenvalue weighted by Gasteiger charge is -2.32. The number of fused-ring (bicyclic) bond motifs is 1. The average molecular weight is 351 g/mol. The van der Waals surface area contributed by atoms with Crippen LogP contribution in [0.1, 0.15) is 50.1 Å². The van der Waals surface area contributed by atoms with Gasteiger partial charge in [-0.3, -0.25) is 0 Å². The van der Waals surface area contributed by atoms with Gasteiger partial charge in [-0.15, -0.1) is 0 Å². The number of benzene rings is 1. The largest absolute Gasteiger partial charge is 0.313 e. The van der Waals surface area contributed by atoms with Crippen LogP contribution in [-0.4, -0.2) is 31.1 Å². The molecule has 0 spiro atoms. The van der Waals surface area contributed by atoms with Crippen LogP contribution in [0.15, 0.2) is 28.7 Å². The molecule has 21 heavy (non-hydrogen) atoms. The van der Waals surface area contributed by atoms with E-state index >= 15 is 0 Å². The molecule has 2 aliphatic rings. The molecule has 0 radical (unpaired) electrons. The van der Waals surface area contributed by atoms with Crippen molar-refractivity contribution >= 4 is 15.9 Å². The zero-order chi connectivity index (χ0) is 14.7. The minimum absolute atomic E-state index is 0.447. The van der Waals surface area contributed by atoms with Crippen molar-refractivity contribution in [2.75, 3.05) is 20.1 Å². The molecule has 1 heterocycles. The van der Waals surface area contributed by atoms with Crippen molar-refractivity contribution in [2.45, 2.75) is 50.6 Å². The molecule has 3 heteroatoms. The van der Waals surface area contributed by atoms with Gasteiger partial charge in [-0.25, -0.2) is 0 Å². The minimum atomic E-state index is 0.447. The summed E-state index contributed by atoms with van der Waals surface area (Å²) in [6, 6.07) is 9.94. The van der Waals surface area contributed by atoms with E-state index in [2.05, 4.69) is 57.5 Å². The van der Waals surface area contributed by atoms with Crippen LogP contribution in [0.2, 0.25) is 0 Å². The highest BCUT2D eigenvalue weighted by molar-refractivity contribution is 9.10. The molecule has 1 aromatic rings. The normalized spacial score (nSPS) is 27.5. The summed E-state index contributed by atoms with van der Waals surface area (Å²) in [5.41, 5.74) is 1.39. The summed E-state index contributed by atoms with van der Waals surface area (Å²) in [6.45, 7) is 2.55. The lowest BCUT2D eigenvalue weighted by Crippen LogP contribution is -2.36. The van der Waals surface area contributed by atoms with Gasteiger partial charge in [0.05, 0.1) is 0 Å². The van der Waals surface area contributed by atoms with Gasteiger partial charge in [-0.1, -0.05) is 47.0 Å². The van der Waals surface area contributed by atoms with Crippen LogP contribution < -0.4 is 5.32 Å². The third-order valence-electron chi connectivity index (χ3n) is 5.46. The van der Waals surface area contributed by atoms with E-state index in [0.717, 1.165) is 12.0 Å². The van der Waals surface area contributed by atoms with Crippen LogP contribution in [-0.2, 0) is 0 Å². The van der Waals surface area contributed by atoms with E-state index in [1.807, 2.05) is 0 Å². The van der Waals surface area contributed by atoms with E-state index in [0.29, 0.717) is 6.04 Å². The highest BCUT2D eigenvalue weighted by atomic mass is 79.9. The molecule has 1 saturated carbocycles. The first-order chi connectivity index (χ1) is 10.3. The highest BCUT2D eigenvalue weighted by Gasteiger charge is 2.35. The number of likely N-dealkylation sites (tertiary alicyclic amines) is 1. The second-order valence-corrected chi connectivity index (χ2v) is 7.44. The lowest BCUT2D eigenvalue weighted by molar-refractivity contribution is 0.176. The standard InChI is InChI=1S/C18H27BrN2/c1-20-17(15-7-3-4-8-16(15)19)11-13-21-12-10-14-6-2-5-9-18(14)21/h3-4,7-8,14,17-18,20H,2,5-6,9-13H2,1H3. The van der Waals surface area contributed by atoms with Gasteiger partial charge in [0.15, 0.2) is 0 Å². The molecule has 1 saturated heterocycles. The van der Waals surface area contributed by atoms with Crippen molar-refractivity contribution in [3.63, 3.8) is 0 Å². The third-order valence-corrected chi connectivity index (χ3v) is 6.18. The molecule has 116 valence electrons. The van der Waals surface area contributed by atoms with E-state index in [1.54, 1.807) is 0 Å². The van der Waals surface area contributed by atoms with E-state index in [9.17, 15) is 0 Å². The molecule has 1 aromatic carbocycles. The quantitative estimate of drug-likeness (QED) is 0.848. The van der Waals surface area contributed by atoms with Crippen LogP contribution >= 0.6 is 15.9 Å². The van der Waals surface area contributed by atoms with Gasteiger partial charge in [-0.05, 0) is 56.8 Å². The van der Waals surface area contributed by atoms with E-state index in [1.165, 1.54) is 61.7 Å². The smallest absolute Gasteiger partial charge is 0.0340 e. The van der Waals surface area contributed by atoms with Gasteiger partial charge in [0.25, 0.3) is 0 Å². The summed E-state index contributed by atoms with van der Waals surface area (Å²) in [7, 11) is 2.08. The number of rotatable bonds is 5. The maximum atomic E-state index is 3.69. The van der Waals surface area contributed by atoms with E-state index < -0.39 is 0 Å². The van der Waals surface area contributed by atoms with Crippen molar-refractivity contribution in [3.05, 3.63) is 34.3 Å². The van der Waals surface area contributed by atoms with Crippen molar-refractivity contribution in [2.24, 2.45) is 5.92 Å². The van der Waals surface area contributed by atoms with Crippen molar-refractivity contribution < 1.29 is 0 Å². The Morgan fingerprint density at radius 1 is 1.24 bits per heavy atom. The van der Waals surface area contributed by atoms with Gasteiger partial charge in [-0.2, -0.15) is 0 Å². The summed E-state index contributed by atoms with van der Waals surface area (Å²) < 4.78 is 1.22. The first-order valence-corrected chi connectivity index (χ1v) is 9.24. The molecule has 2 fully saturated rings. The Morgan fingerprint density at radius 3 is 2.86 bits per heavy atom. The Balaban J connectivity index is 1.59. The molecule has 0 amide bonds. The van der Waals surface area contributed by atoms with Crippen LogP contribution in [0.4, 0.5) is 0 Å². The van der Waals surface area contributed by atoms with Crippen LogP contribution in [0.3, 0.4) is 0 Å². The molecule has 2 nitrogen and oxygen atoms in total. The van der Waals surface area contributed by atoms with Crippen molar-refractivity contribution in [1.82, 2.24) is 10.2 Å². The topological polar surface area (TPSA) is 15.3 Å². The predicted molar refractivity (Wildman–Crippen MR) is 92.5 cm³/mol. The third kappa shape index (κ3) is 3.52. The van der Waals surface area contributed by atoms with Crippen LogP contribution in [0, 0.1) is 5.92 Å². The van der Waals surface area contributed by atoms with E-state index in [-0.39, 0.29) is 0 Å². The van der Waals surface area contributed by atoms with Gasteiger partial charge in [0, 0.05) is 23.1 Å². The van der Waals surface area contributed by atoms with Crippen LogP contribution in [0.5, 0.6) is 0 Å². The fourth-order valence-electron chi connectivity index (χ4n) is 4.29. The number of halogens is 1. The minimum Gasteiger partial charge on any atom is -0.313 e. The number of nitrogens with one attached hydrogen (secondary N) is 1. The lowest BCUT2D eigenvalue weighted by atomic mass is 9.85. The fourth-order valence-corrected chi connectivity index (χ4v) is 4.85. The maximum absolute atomic E-state index is 3.69.